The summed E-state index contributed by atoms with van der Waals surface area (Å²) in [5, 5.41) is 2.30. The van der Waals surface area contributed by atoms with Crippen LogP contribution in [0, 0.1) is 0 Å². The molecule has 3 rings (SSSR count). The Kier molecular flexibility index (Phi) is 3.10. The van der Waals surface area contributed by atoms with E-state index in [-0.39, 0.29) is 0 Å². The maximum Gasteiger partial charge on any atom is 0.193 e. The van der Waals surface area contributed by atoms with Crippen LogP contribution in [0.1, 0.15) is 5.56 Å². The van der Waals surface area contributed by atoms with Gasteiger partial charge >= 0.3 is 0 Å². The van der Waals surface area contributed by atoms with Gasteiger partial charge in [-0.2, -0.15) is 4.99 Å². The van der Waals surface area contributed by atoms with Crippen molar-refractivity contribution < 1.29 is 0 Å². The smallest absolute Gasteiger partial charge is 0.193 e. The molecule has 2 heterocycles. The molecule has 0 saturated carbocycles. The van der Waals surface area contributed by atoms with Gasteiger partial charge in [-0.1, -0.05) is 30.3 Å². The Morgan fingerprint density at radius 1 is 1.16 bits per heavy atom. The molecule has 92 valence electrons. The zero-order valence-corrected chi connectivity index (χ0v) is 10.7. The summed E-state index contributed by atoms with van der Waals surface area (Å²) in [5.41, 5.74) is 2.55. The highest BCUT2D eigenvalue weighted by molar-refractivity contribution is 7.78. The maximum atomic E-state index is 4.60. The first-order valence-electron chi connectivity index (χ1n) is 5.66. The standard InChI is InChI=1S/C13H9N5S/c19-9-17-12-11-13(15-7-14-12)18(8-16-11)6-10-4-2-1-3-5-10/h1-5,7-8H,6H2. The average Bonchev–Trinajstić information content (AvgIpc) is 2.85. The minimum absolute atomic E-state index is 0.451. The zero-order valence-electron chi connectivity index (χ0n) is 9.89. The monoisotopic (exact) mass is 267 g/mol. The Morgan fingerprint density at radius 2 is 2.00 bits per heavy atom. The van der Waals surface area contributed by atoms with Crippen LogP contribution in [0.4, 0.5) is 5.82 Å². The third kappa shape index (κ3) is 2.27. The van der Waals surface area contributed by atoms with Gasteiger partial charge in [-0.05, 0) is 17.8 Å². The number of hydrogen-bond acceptors (Lipinski definition) is 5. The average molecular weight is 267 g/mol. The van der Waals surface area contributed by atoms with Crippen molar-refractivity contribution in [3.05, 3.63) is 48.5 Å². The lowest BCUT2D eigenvalue weighted by Crippen LogP contribution is -1.99. The normalized spacial score (nSPS) is 10.3. The summed E-state index contributed by atoms with van der Waals surface area (Å²) in [4.78, 5) is 16.5. The molecule has 3 aromatic rings. The first-order chi connectivity index (χ1) is 9.38. The van der Waals surface area contributed by atoms with Gasteiger partial charge in [-0.15, -0.1) is 0 Å². The summed E-state index contributed by atoms with van der Waals surface area (Å²) >= 11 is 4.60. The highest BCUT2D eigenvalue weighted by Gasteiger charge is 2.09. The number of nitrogens with zero attached hydrogens (tertiary/aromatic N) is 5. The van der Waals surface area contributed by atoms with Crippen LogP contribution in [0.25, 0.3) is 11.2 Å². The highest BCUT2D eigenvalue weighted by atomic mass is 32.1. The fourth-order valence-electron chi connectivity index (χ4n) is 1.89. The molecule has 0 radical (unpaired) electrons. The fraction of sp³-hybridized carbons (Fsp3) is 0.0769. The predicted octanol–water partition coefficient (Wildman–Crippen LogP) is 2.61. The number of fused-ring (bicyclic) bond motifs is 1. The molecule has 0 spiro atoms. The molecule has 0 bridgehead atoms. The van der Waals surface area contributed by atoms with Gasteiger partial charge in [0.15, 0.2) is 17.0 Å². The van der Waals surface area contributed by atoms with E-state index in [2.05, 4.69) is 49.5 Å². The molecular weight excluding hydrogens is 258 g/mol. The highest BCUT2D eigenvalue weighted by Crippen LogP contribution is 2.20. The van der Waals surface area contributed by atoms with Gasteiger partial charge in [0, 0.05) is 0 Å². The van der Waals surface area contributed by atoms with Crippen LogP contribution < -0.4 is 0 Å². The van der Waals surface area contributed by atoms with Crippen molar-refractivity contribution in [1.29, 1.82) is 0 Å². The van der Waals surface area contributed by atoms with Crippen LogP contribution >= 0.6 is 12.2 Å². The SMILES string of the molecule is S=C=Nc1ncnc2c1ncn2Cc1ccccc1. The number of hydrogen-bond donors (Lipinski definition) is 0. The van der Waals surface area contributed by atoms with E-state index >= 15 is 0 Å². The molecular formula is C13H9N5S. The van der Waals surface area contributed by atoms with Crippen LogP contribution in [0.5, 0.6) is 0 Å². The summed E-state index contributed by atoms with van der Waals surface area (Å²) < 4.78 is 1.95. The topological polar surface area (TPSA) is 56.0 Å². The molecule has 5 nitrogen and oxygen atoms in total. The molecule has 0 aliphatic heterocycles. The molecule has 0 aliphatic rings. The van der Waals surface area contributed by atoms with Gasteiger partial charge in [0.25, 0.3) is 0 Å². The largest absolute Gasteiger partial charge is 0.311 e. The summed E-state index contributed by atoms with van der Waals surface area (Å²) in [6, 6.07) is 10.1. The van der Waals surface area contributed by atoms with Gasteiger partial charge in [0.2, 0.25) is 0 Å². The van der Waals surface area contributed by atoms with Crippen LogP contribution in [-0.4, -0.2) is 24.7 Å². The molecule has 0 aliphatic carbocycles. The van der Waals surface area contributed by atoms with E-state index < -0.39 is 0 Å². The van der Waals surface area contributed by atoms with E-state index in [9.17, 15) is 0 Å². The lowest BCUT2D eigenvalue weighted by atomic mass is 10.2. The molecule has 0 unspecified atom stereocenters. The van der Waals surface area contributed by atoms with E-state index in [1.54, 1.807) is 6.33 Å². The van der Waals surface area contributed by atoms with E-state index in [1.165, 1.54) is 11.9 Å². The molecule has 0 saturated heterocycles. The van der Waals surface area contributed by atoms with Gasteiger partial charge in [0.1, 0.15) is 6.33 Å². The van der Waals surface area contributed by atoms with Gasteiger partial charge < -0.3 is 4.57 Å². The summed E-state index contributed by atoms with van der Waals surface area (Å²) in [7, 11) is 0. The Bertz CT molecular complexity index is 759. The van der Waals surface area contributed by atoms with Crippen molar-refractivity contribution in [3.63, 3.8) is 0 Å². The number of thiocarbonyl (C=S) groups is 1. The van der Waals surface area contributed by atoms with E-state index in [0.29, 0.717) is 17.9 Å². The molecule has 1 aromatic carbocycles. The minimum Gasteiger partial charge on any atom is -0.311 e. The second-order valence-electron chi connectivity index (χ2n) is 3.93. The van der Waals surface area contributed by atoms with Crippen molar-refractivity contribution in [2.45, 2.75) is 6.54 Å². The molecule has 0 fully saturated rings. The first-order valence-corrected chi connectivity index (χ1v) is 6.07. The van der Waals surface area contributed by atoms with E-state index in [0.717, 1.165) is 5.65 Å². The van der Waals surface area contributed by atoms with Crippen molar-refractivity contribution in [3.8, 4) is 0 Å². The Labute approximate surface area is 114 Å². The van der Waals surface area contributed by atoms with Gasteiger partial charge in [0.05, 0.1) is 18.0 Å². The number of isothiocyanates is 1. The summed E-state index contributed by atoms with van der Waals surface area (Å²) in [6.07, 6.45) is 3.19. The van der Waals surface area contributed by atoms with Gasteiger partial charge in [-0.25, -0.2) is 15.0 Å². The summed E-state index contributed by atoms with van der Waals surface area (Å²) in [6.45, 7) is 0.703. The quantitative estimate of drug-likeness (QED) is 0.540. The van der Waals surface area contributed by atoms with Crippen LogP contribution in [0.3, 0.4) is 0 Å². The zero-order chi connectivity index (χ0) is 13.1. The number of aliphatic imine (C=N–C) groups is 1. The second kappa shape index (κ2) is 5.06. The minimum atomic E-state index is 0.451. The predicted molar refractivity (Wildman–Crippen MR) is 75.6 cm³/mol. The molecule has 2 aromatic heterocycles. The lowest BCUT2D eigenvalue weighted by molar-refractivity contribution is 0.813. The number of imidazole rings is 1. The lowest BCUT2D eigenvalue weighted by Gasteiger charge is -2.03. The molecule has 0 N–H and O–H groups in total. The number of benzene rings is 1. The van der Waals surface area contributed by atoms with Crippen molar-refractivity contribution in [1.82, 2.24) is 19.5 Å². The Balaban J connectivity index is 2.06. The van der Waals surface area contributed by atoms with Crippen LogP contribution in [0.15, 0.2) is 48.0 Å². The van der Waals surface area contributed by atoms with Crippen molar-refractivity contribution in [2.24, 2.45) is 4.99 Å². The second-order valence-corrected chi connectivity index (χ2v) is 4.11. The Morgan fingerprint density at radius 3 is 2.79 bits per heavy atom. The van der Waals surface area contributed by atoms with E-state index in [4.69, 9.17) is 0 Å². The van der Waals surface area contributed by atoms with Crippen LogP contribution in [-0.2, 0) is 6.54 Å². The van der Waals surface area contributed by atoms with Crippen LogP contribution in [0.2, 0.25) is 0 Å². The third-order valence-electron chi connectivity index (χ3n) is 2.73. The first kappa shape index (κ1) is 11.6. The maximum absolute atomic E-state index is 4.60. The van der Waals surface area contributed by atoms with E-state index in [1.807, 2.05) is 22.8 Å². The molecule has 6 heteroatoms. The fourth-order valence-corrected chi connectivity index (χ4v) is 1.98. The van der Waals surface area contributed by atoms with Gasteiger partial charge in [-0.3, -0.25) is 0 Å². The number of aromatic nitrogens is 4. The molecule has 0 amide bonds. The molecule has 0 atom stereocenters. The van der Waals surface area contributed by atoms with Crippen molar-refractivity contribution in [2.75, 3.05) is 0 Å². The molecule has 19 heavy (non-hydrogen) atoms. The number of rotatable bonds is 3. The third-order valence-corrected chi connectivity index (χ3v) is 2.82. The summed E-state index contributed by atoms with van der Waals surface area (Å²) in [5.74, 6) is 0.451. The Hall–Kier alpha value is -2.43. The van der Waals surface area contributed by atoms with Crippen molar-refractivity contribution >= 4 is 34.4 Å².